The Morgan fingerprint density at radius 3 is 2.80 bits per heavy atom. The lowest BCUT2D eigenvalue weighted by atomic mass is 9.96. The topological polar surface area (TPSA) is 42.4 Å². The number of rotatable bonds is 4. The maximum absolute atomic E-state index is 11.9. The van der Waals surface area contributed by atoms with E-state index in [1.165, 1.54) is 4.88 Å². The predicted molar refractivity (Wildman–Crippen MR) is 82.5 cm³/mol. The third-order valence-corrected chi connectivity index (χ3v) is 4.56. The zero-order valence-corrected chi connectivity index (χ0v) is 13.8. The monoisotopic (exact) mass is 296 g/mol. The number of aromatic nitrogens is 1. The van der Waals surface area contributed by atoms with Crippen molar-refractivity contribution in [3.8, 4) is 0 Å². The molecule has 0 saturated carbocycles. The molecule has 1 unspecified atom stereocenters. The highest BCUT2D eigenvalue weighted by Gasteiger charge is 2.34. The van der Waals surface area contributed by atoms with Crippen molar-refractivity contribution >= 4 is 22.4 Å². The third-order valence-electron chi connectivity index (χ3n) is 3.32. The van der Waals surface area contributed by atoms with Gasteiger partial charge in [-0.2, -0.15) is 0 Å². The van der Waals surface area contributed by atoms with Gasteiger partial charge in [-0.05, 0) is 25.2 Å². The van der Waals surface area contributed by atoms with Gasteiger partial charge in [0.2, 0.25) is 0 Å². The summed E-state index contributed by atoms with van der Waals surface area (Å²) in [6, 6.07) is 0. The van der Waals surface area contributed by atoms with E-state index in [0.717, 1.165) is 30.2 Å². The van der Waals surface area contributed by atoms with Crippen LogP contribution in [0.25, 0.3) is 0 Å². The predicted octanol–water partition coefficient (Wildman–Crippen LogP) is 3.22. The Morgan fingerprint density at radius 1 is 1.50 bits per heavy atom. The molecule has 1 aromatic heterocycles. The molecule has 4 nitrogen and oxygen atoms in total. The number of carbonyl (C=O) groups excluding carboxylic acids is 1. The molecule has 0 amide bonds. The molecule has 1 aliphatic carbocycles. The first-order chi connectivity index (χ1) is 9.31. The number of anilines is 1. The standard InChI is InChI=1S/C15H24N2O2S/c1-6-19-13(18)10-7-8-11-12(10)16-14(20-11)17(5)9-15(2,3)4/h10H,6-9H2,1-5H3. The first-order valence-electron chi connectivity index (χ1n) is 7.19. The van der Waals surface area contributed by atoms with Gasteiger partial charge >= 0.3 is 5.97 Å². The zero-order chi connectivity index (χ0) is 14.9. The van der Waals surface area contributed by atoms with Crippen molar-refractivity contribution in [3.05, 3.63) is 10.6 Å². The molecular weight excluding hydrogens is 272 g/mol. The molecule has 0 radical (unpaired) electrons. The molecule has 1 aromatic rings. The number of ether oxygens (including phenoxy) is 1. The fourth-order valence-electron chi connectivity index (χ4n) is 2.63. The van der Waals surface area contributed by atoms with Crippen molar-refractivity contribution in [2.45, 2.75) is 46.5 Å². The van der Waals surface area contributed by atoms with E-state index in [9.17, 15) is 4.79 Å². The summed E-state index contributed by atoms with van der Waals surface area (Å²) in [7, 11) is 2.07. The molecule has 0 N–H and O–H groups in total. The molecule has 20 heavy (non-hydrogen) atoms. The van der Waals surface area contributed by atoms with E-state index in [2.05, 4.69) is 32.7 Å². The summed E-state index contributed by atoms with van der Waals surface area (Å²) in [6.07, 6.45) is 1.79. The van der Waals surface area contributed by atoms with Crippen LogP contribution in [0.1, 0.15) is 50.6 Å². The molecule has 0 aliphatic heterocycles. The number of aryl methyl sites for hydroxylation is 1. The molecule has 0 aromatic carbocycles. The molecule has 1 aliphatic rings. The Hall–Kier alpha value is -1.10. The van der Waals surface area contributed by atoms with Crippen LogP contribution < -0.4 is 4.90 Å². The number of hydrogen-bond acceptors (Lipinski definition) is 5. The van der Waals surface area contributed by atoms with Gasteiger partial charge in [-0.15, -0.1) is 11.3 Å². The summed E-state index contributed by atoms with van der Waals surface area (Å²) in [5, 5.41) is 1.01. The molecule has 112 valence electrons. The van der Waals surface area contributed by atoms with Crippen LogP contribution in [-0.2, 0) is 16.0 Å². The number of thiazole rings is 1. The first kappa shape index (κ1) is 15.3. The molecule has 0 bridgehead atoms. The van der Waals surface area contributed by atoms with E-state index in [4.69, 9.17) is 9.72 Å². The summed E-state index contributed by atoms with van der Waals surface area (Å²) >= 11 is 1.72. The Bertz CT molecular complexity index is 491. The van der Waals surface area contributed by atoms with Gasteiger partial charge < -0.3 is 9.64 Å². The fourth-order valence-corrected chi connectivity index (χ4v) is 3.73. The van der Waals surface area contributed by atoms with Gasteiger partial charge in [0.25, 0.3) is 0 Å². The van der Waals surface area contributed by atoms with Crippen molar-refractivity contribution in [2.75, 3.05) is 25.1 Å². The lowest BCUT2D eigenvalue weighted by molar-refractivity contribution is -0.145. The van der Waals surface area contributed by atoms with Crippen LogP contribution in [-0.4, -0.2) is 31.2 Å². The highest BCUT2D eigenvalue weighted by atomic mass is 32.1. The summed E-state index contributed by atoms with van der Waals surface area (Å²) in [6.45, 7) is 9.87. The van der Waals surface area contributed by atoms with Gasteiger partial charge in [0.05, 0.1) is 12.3 Å². The minimum Gasteiger partial charge on any atom is -0.465 e. The first-order valence-corrected chi connectivity index (χ1v) is 8.01. The third kappa shape index (κ3) is 3.32. The van der Waals surface area contributed by atoms with Gasteiger partial charge in [-0.25, -0.2) is 4.98 Å². The highest BCUT2D eigenvalue weighted by Crippen LogP contribution is 2.40. The van der Waals surface area contributed by atoms with Crippen LogP contribution in [0.2, 0.25) is 0 Å². The van der Waals surface area contributed by atoms with Gasteiger partial charge in [-0.1, -0.05) is 20.8 Å². The molecule has 0 saturated heterocycles. The van der Waals surface area contributed by atoms with Crippen LogP contribution in [0, 0.1) is 5.41 Å². The maximum Gasteiger partial charge on any atom is 0.315 e. The second kappa shape index (κ2) is 5.72. The smallest absolute Gasteiger partial charge is 0.315 e. The fraction of sp³-hybridized carbons (Fsp3) is 0.733. The highest BCUT2D eigenvalue weighted by molar-refractivity contribution is 7.15. The van der Waals surface area contributed by atoms with Crippen LogP contribution in [0.15, 0.2) is 0 Å². The van der Waals surface area contributed by atoms with Crippen molar-refractivity contribution in [1.82, 2.24) is 4.98 Å². The average Bonchev–Trinajstić information content (AvgIpc) is 2.85. The average molecular weight is 296 g/mol. The van der Waals surface area contributed by atoms with Crippen molar-refractivity contribution in [2.24, 2.45) is 5.41 Å². The van der Waals surface area contributed by atoms with Crippen LogP contribution in [0.5, 0.6) is 0 Å². The maximum atomic E-state index is 11.9. The van der Waals surface area contributed by atoms with E-state index in [0.29, 0.717) is 6.61 Å². The second-order valence-corrected chi connectivity index (χ2v) is 7.63. The van der Waals surface area contributed by atoms with Crippen molar-refractivity contribution < 1.29 is 9.53 Å². The normalized spacial score (nSPS) is 17.9. The zero-order valence-electron chi connectivity index (χ0n) is 13.0. The lowest BCUT2D eigenvalue weighted by Gasteiger charge is -2.26. The Morgan fingerprint density at radius 2 is 2.20 bits per heavy atom. The lowest BCUT2D eigenvalue weighted by Crippen LogP contribution is -2.29. The van der Waals surface area contributed by atoms with Gasteiger partial charge in [0.15, 0.2) is 5.13 Å². The summed E-state index contributed by atoms with van der Waals surface area (Å²) < 4.78 is 5.15. The van der Waals surface area contributed by atoms with E-state index >= 15 is 0 Å². The Kier molecular flexibility index (Phi) is 4.37. The minimum atomic E-state index is -0.155. The van der Waals surface area contributed by atoms with Gasteiger partial charge in [0, 0.05) is 18.5 Å². The van der Waals surface area contributed by atoms with Gasteiger partial charge in [0.1, 0.15) is 5.92 Å². The molecule has 1 atom stereocenters. The van der Waals surface area contributed by atoms with Crippen molar-refractivity contribution in [1.29, 1.82) is 0 Å². The minimum absolute atomic E-state index is 0.124. The number of nitrogens with zero attached hydrogens (tertiary/aromatic N) is 2. The summed E-state index contributed by atoms with van der Waals surface area (Å²) in [5.74, 6) is -0.278. The molecular formula is C15H24N2O2S. The van der Waals surface area contributed by atoms with Crippen LogP contribution >= 0.6 is 11.3 Å². The number of fused-ring (bicyclic) bond motifs is 1. The molecule has 5 heteroatoms. The van der Waals surface area contributed by atoms with Crippen LogP contribution in [0.3, 0.4) is 0 Å². The summed E-state index contributed by atoms with van der Waals surface area (Å²) in [4.78, 5) is 20.1. The molecule has 0 fully saturated rings. The largest absolute Gasteiger partial charge is 0.465 e. The molecule has 1 heterocycles. The molecule has 0 spiro atoms. The molecule has 2 rings (SSSR count). The SMILES string of the molecule is CCOC(=O)C1CCc2sc(N(C)CC(C)(C)C)nc21. The number of carbonyl (C=O) groups is 1. The summed E-state index contributed by atoms with van der Waals surface area (Å²) in [5.41, 5.74) is 1.18. The van der Waals surface area contributed by atoms with E-state index < -0.39 is 0 Å². The van der Waals surface area contributed by atoms with Crippen LogP contribution in [0.4, 0.5) is 5.13 Å². The van der Waals surface area contributed by atoms with E-state index in [-0.39, 0.29) is 17.3 Å². The van der Waals surface area contributed by atoms with Crippen molar-refractivity contribution in [3.63, 3.8) is 0 Å². The Balaban J connectivity index is 2.14. The second-order valence-electron chi connectivity index (χ2n) is 6.56. The van der Waals surface area contributed by atoms with Gasteiger partial charge in [-0.3, -0.25) is 4.79 Å². The quantitative estimate of drug-likeness (QED) is 0.800. The van der Waals surface area contributed by atoms with E-state index in [1.807, 2.05) is 6.92 Å². The van der Waals surface area contributed by atoms with E-state index in [1.54, 1.807) is 11.3 Å². The number of esters is 1. The number of hydrogen-bond donors (Lipinski definition) is 0. The Labute approximate surface area is 125 Å².